The van der Waals surface area contributed by atoms with E-state index in [-0.39, 0.29) is 18.7 Å². The molecule has 4 atom stereocenters. The van der Waals surface area contributed by atoms with Gasteiger partial charge in [0.1, 0.15) is 0 Å². The molecule has 0 aliphatic rings. The Labute approximate surface area is 211 Å². The zero-order valence-corrected chi connectivity index (χ0v) is 22.6. The van der Waals surface area contributed by atoms with E-state index in [1.54, 1.807) is 20.9 Å². The maximum atomic E-state index is 12.8. The minimum absolute atomic E-state index is 0.0900. The number of aryl methyl sites for hydroxylation is 1. The molecule has 6 heteroatoms. The predicted molar refractivity (Wildman–Crippen MR) is 142 cm³/mol. The van der Waals surface area contributed by atoms with Crippen LogP contribution in [0.25, 0.3) is 0 Å². The minimum Gasteiger partial charge on any atom is -0.481 e. The fourth-order valence-electron chi connectivity index (χ4n) is 4.93. The first-order valence-electron chi connectivity index (χ1n) is 12.8. The number of hydrogen-bond acceptors (Lipinski definition) is 3. The standard InChI is InChI=1S/C29H46N2O4/c1-8-21(3)24-13-9-12-23(17-24)15-14-20(2)11-10-16-28(5,27(35)31-7)19-29(6,26(30)34)18-22(4)25(32)33/h9,12-13,17,21-22H,2,8,10-11,14-16,18-19H2,1,3-7H3,(H2,30,34)(H,31,35)(H,32,33). The van der Waals surface area contributed by atoms with E-state index in [0.29, 0.717) is 12.3 Å². The Bertz CT molecular complexity index is 896. The molecule has 35 heavy (non-hydrogen) atoms. The molecule has 0 aliphatic heterocycles. The molecule has 0 saturated heterocycles. The molecular formula is C29H46N2O4. The highest BCUT2D eigenvalue weighted by molar-refractivity contribution is 5.85. The van der Waals surface area contributed by atoms with Crippen molar-refractivity contribution < 1.29 is 19.5 Å². The largest absolute Gasteiger partial charge is 0.481 e. The monoisotopic (exact) mass is 486 g/mol. The summed E-state index contributed by atoms with van der Waals surface area (Å²) in [7, 11) is 1.58. The van der Waals surface area contributed by atoms with Crippen LogP contribution in [0.2, 0.25) is 0 Å². The Balaban J connectivity index is 2.79. The number of carboxylic acid groups (broad SMARTS) is 1. The van der Waals surface area contributed by atoms with Crippen LogP contribution in [0.3, 0.4) is 0 Å². The molecule has 1 aromatic carbocycles. The number of hydrogen-bond donors (Lipinski definition) is 3. The summed E-state index contributed by atoms with van der Waals surface area (Å²) < 4.78 is 0. The molecule has 6 nitrogen and oxygen atoms in total. The third-order valence-corrected chi connectivity index (χ3v) is 7.49. The normalized spacial score (nSPS) is 16.4. The highest BCUT2D eigenvalue weighted by Crippen LogP contribution is 2.42. The lowest BCUT2D eigenvalue weighted by molar-refractivity contribution is -0.144. The quantitative estimate of drug-likeness (QED) is 0.264. The third-order valence-electron chi connectivity index (χ3n) is 7.49. The maximum Gasteiger partial charge on any atom is 0.306 e. The van der Waals surface area contributed by atoms with Crippen molar-refractivity contribution in [2.45, 2.75) is 91.9 Å². The van der Waals surface area contributed by atoms with Crippen molar-refractivity contribution in [3.8, 4) is 0 Å². The number of carboxylic acids is 1. The van der Waals surface area contributed by atoms with Gasteiger partial charge in [-0.15, -0.1) is 0 Å². The fraction of sp³-hybridized carbons (Fsp3) is 0.621. The lowest BCUT2D eigenvalue weighted by Crippen LogP contribution is -2.46. The second-order valence-corrected chi connectivity index (χ2v) is 10.8. The summed E-state index contributed by atoms with van der Waals surface area (Å²) in [6, 6.07) is 8.75. The number of amides is 2. The predicted octanol–water partition coefficient (Wildman–Crippen LogP) is 5.60. The van der Waals surface area contributed by atoms with Crippen molar-refractivity contribution >= 4 is 17.8 Å². The van der Waals surface area contributed by atoms with Gasteiger partial charge < -0.3 is 16.2 Å². The first-order chi connectivity index (χ1) is 16.3. The lowest BCUT2D eigenvalue weighted by Gasteiger charge is -2.37. The van der Waals surface area contributed by atoms with E-state index < -0.39 is 28.6 Å². The molecule has 4 unspecified atom stereocenters. The summed E-state index contributed by atoms with van der Waals surface area (Å²) in [5.41, 5.74) is 7.57. The Hall–Kier alpha value is -2.63. The molecule has 0 aromatic heterocycles. The van der Waals surface area contributed by atoms with E-state index in [2.05, 4.69) is 50.0 Å². The number of nitrogens with two attached hydrogens (primary N) is 1. The number of carbonyl (C=O) groups excluding carboxylic acids is 2. The number of benzene rings is 1. The maximum absolute atomic E-state index is 12.8. The van der Waals surface area contributed by atoms with Gasteiger partial charge in [-0.2, -0.15) is 0 Å². The van der Waals surface area contributed by atoms with Crippen LogP contribution in [0.15, 0.2) is 36.4 Å². The molecule has 0 spiro atoms. The van der Waals surface area contributed by atoms with Crippen LogP contribution in [0.1, 0.15) is 96.6 Å². The van der Waals surface area contributed by atoms with Crippen LogP contribution in [0.4, 0.5) is 0 Å². The summed E-state index contributed by atoms with van der Waals surface area (Å²) in [6.07, 6.45) is 5.31. The highest BCUT2D eigenvalue weighted by Gasteiger charge is 2.44. The fourth-order valence-corrected chi connectivity index (χ4v) is 4.93. The Morgan fingerprint density at radius 3 is 2.34 bits per heavy atom. The summed E-state index contributed by atoms with van der Waals surface area (Å²) >= 11 is 0. The van der Waals surface area contributed by atoms with Gasteiger partial charge in [0.2, 0.25) is 11.8 Å². The second kappa shape index (κ2) is 13.5. The van der Waals surface area contributed by atoms with Crippen molar-refractivity contribution in [1.29, 1.82) is 0 Å². The Morgan fingerprint density at radius 2 is 1.80 bits per heavy atom. The van der Waals surface area contributed by atoms with Gasteiger partial charge in [-0.1, -0.05) is 71.0 Å². The van der Waals surface area contributed by atoms with Crippen LogP contribution < -0.4 is 11.1 Å². The summed E-state index contributed by atoms with van der Waals surface area (Å²) in [5.74, 6) is -1.92. The summed E-state index contributed by atoms with van der Waals surface area (Å²) in [5, 5.41) is 12.0. The van der Waals surface area contributed by atoms with Crippen LogP contribution in [0.5, 0.6) is 0 Å². The molecule has 196 valence electrons. The van der Waals surface area contributed by atoms with Gasteiger partial charge in [0.25, 0.3) is 0 Å². The summed E-state index contributed by atoms with van der Waals surface area (Å²) in [4.78, 5) is 36.6. The van der Waals surface area contributed by atoms with Crippen LogP contribution in [0, 0.1) is 16.7 Å². The van der Waals surface area contributed by atoms with E-state index in [1.807, 2.05) is 6.92 Å². The van der Waals surface area contributed by atoms with E-state index in [4.69, 9.17) is 5.73 Å². The van der Waals surface area contributed by atoms with Crippen LogP contribution >= 0.6 is 0 Å². The molecule has 0 aliphatic carbocycles. The van der Waals surface area contributed by atoms with Gasteiger partial charge in [-0.25, -0.2) is 0 Å². The van der Waals surface area contributed by atoms with Gasteiger partial charge >= 0.3 is 5.97 Å². The first kappa shape index (κ1) is 30.4. The summed E-state index contributed by atoms with van der Waals surface area (Å²) in [6.45, 7) is 13.8. The first-order valence-corrected chi connectivity index (χ1v) is 12.8. The van der Waals surface area contributed by atoms with Gasteiger partial charge in [0.15, 0.2) is 0 Å². The van der Waals surface area contributed by atoms with E-state index in [1.165, 1.54) is 11.1 Å². The number of carbonyl (C=O) groups is 3. The zero-order chi connectivity index (χ0) is 26.8. The average molecular weight is 487 g/mol. The highest BCUT2D eigenvalue weighted by atomic mass is 16.4. The molecule has 0 bridgehead atoms. The molecule has 1 aromatic rings. The average Bonchev–Trinajstić information content (AvgIpc) is 2.81. The number of nitrogens with one attached hydrogen (secondary N) is 1. The van der Waals surface area contributed by atoms with Crippen molar-refractivity contribution in [2.75, 3.05) is 7.05 Å². The molecule has 2 amide bonds. The van der Waals surface area contributed by atoms with E-state index in [0.717, 1.165) is 37.7 Å². The lowest BCUT2D eigenvalue weighted by atomic mass is 9.66. The molecule has 0 fully saturated rings. The number of aliphatic carboxylic acids is 1. The third kappa shape index (κ3) is 9.15. The van der Waals surface area contributed by atoms with Crippen molar-refractivity contribution in [3.05, 3.63) is 47.5 Å². The van der Waals surface area contributed by atoms with Crippen molar-refractivity contribution in [1.82, 2.24) is 5.32 Å². The van der Waals surface area contributed by atoms with Gasteiger partial charge in [-0.3, -0.25) is 14.4 Å². The molecule has 4 N–H and O–H groups in total. The van der Waals surface area contributed by atoms with Crippen LogP contribution in [-0.4, -0.2) is 29.9 Å². The van der Waals surface area contributed by atoms with E-state index >= 15 is 0 Å². The molecule has 1 rings (SSSR count). The zero-order valence-electron chi connectivity index (χ0n) is 22.6. The smallest absolute Gasteiger partial charge is 0.306 e. The number of rotatable bonds is 16. The van der Waals surface area contributed by atoms with Gasteiger partial charge in [0, 0.05) is 17.9 Å². The molecule has 0 radical (unpaired) electrons. The number of primary amides is 1. The number of allylic oxidation sites excluding steroid dienone is 1. The van der Waals surface area contributed by atoms with Crippen molar-refractivity contribution in [2.24, 2.45) is 22.5 Å². The molecule has 0 saturated carbocycles. The Morgan fingerprint density at radius 1 is 1.14 bits per heavy atom. The Kier molecular flexibility index (Phi) is 11.7. The van der Waals surface area contributed by atoms with Crippen molar-refractivity contribution in [3.63, 3.8) is 0 Å². The molecular weight excluding hydrogens is 440 g/mol. The molecule has 0 heterocycles. The SMILES string of the molecule is C=C(CCCC(C)(CC(C)(CC(C)C(=O)O)C(N)=O)C(=O)NC)CCc1cccc(C(C)CC)c1. The van der Waals surface area contributed by atoms with E-state index in [9.17, 15) is 19.5 Å². The second-order valence-electron chi connectivity index (χ2n) is 10.8. The van der Waals surface area contributed by atoms with Crippen LogP contribution in [-0.2, 0) is 20.8 Å². The topological polar surface area (TPSA) is 109 Å². The van der Waals surface area contributed by atoms with Gasteiger partial charge in [0.05, 0.1) is 5.92 Å². The van der Waals surface area contributed by atoms with Gasteiger partial charge in [-0.05, 0) is 68.4 Å². The minimum atomic E-state index is -1.10.